The molecular weight excluding hydrogens is 266 g/mol. The van der Waals surface area contributed by atoms with Gasteiger partial charge >= 0.3 is 5.97 Å². The number of hydrogen-bond donors (Lipinski definition) is 2. The molecule has 0 aromatic carbocycles. The zero-order valence-corrected chi connectivity index (χ0v) is 13.1. The summed E-state index contributed by atoms with van der Waals surface area (Å²) >= 11 is 0. The van der Waals surface area contributed by atoms with Gasteiger partial charge in [-0.05, 0) is 43.9 Å². The molecule has 2 fully saturated rings. The summed E-state index contributed by atoms with van der Waals surface area (Å²) in [5.41, 5.74) is 0. The van der Waals surface area contributed by atoms with Crippen molar-refractivity contribution in [3.63, 3.8) is 0 Å². The summed E-state index contributed by atoms with van der Waals surface area (Å²) in [6.07, 6.45) is 9.27. The van der Waals surface area contributed by atoms with Crippen LogP contribution in [-0.4, -0.2) is 23.5 Å². The topological polar surface area (TPSA) is 66.4 Å². The van der Waals surface area contributed by atoms with Crippen LogP contribution in [0.25, 0.3) is 0 Å². The monoisotopic (exact) mass is 295 g/mol. The van der Waals surface area contributed by atoms with Gasteiger partial charge < -0.3 is 10.4 Å². The van der Waals surface area contributed by atoms with Gasteiger partial charge in [0.1, 0.15) is 0 Å². The SMILES string of the molecule is CC1CCCC(CCNC(=O)C2CCCC(C(=O)O)C2)C1. The van der Waals surface area contributed by atoms with Gasteiger partial charge in [0.05, 0.1) is 5.92 Å². The number of rotatable bonds is 5. The third-order valence-electron chi connectivity index (χ3n) is 5.29. The van der Waals surface area contributed by atoms with Crippen molar-refractivity contribution in [1.82, 2.24) is 5.32 Å². The molecule has 1 amide bonds. The normalized spacial score (nSPS) is 33.4. The number of carboxylic acids is 1. The highest BCUT2D eigenvalue weighted by molar-refractivity contribution is 5.80. The molecule has 4 unspecified atom stereocenters. The highest BCUT2D eigenvalue weighted by Crippen LogP contribution is 2.31. The average molecular weight is 295 g/mol. The minimum Gasteiger partial charge on any atom is -0.481 e. The highest BCUT2D eigenvalue weighted by atomic mass is 16.4. The van der Waals surface area contributed by atoms with Gasteiger partial charge in [-0.3, -0.25) is 9.59 Å². The second-order valence-electron chi connectivity index (χ2n) is 7.12. The van der Waals surface area contributed by atoms with Gasteiger partial charge in [-0.25, -0.2) is 0 Å². The number of amides is 1. The lowest BCUT2D eigenvalue weighted by atomic mass is 9.80. The van der Waals surface area contributed by atoms with Gasteiger partial charge in [0.2, 0.25) is 5.91 Å². The maximum atomic E-state index is 12.2. The predicted octanol–water partition coefficient (Wildman–Crippen LogP) is 3.21. The van der Waals surface area contributed by atoms with Gasteiger partial charge in [0, 0.05) is 12.5 Å². The van der Waals surface area contributed by atoms with E-state index in [0.717, 1.165) is 44.1 Å². The summed E-state index contributed by atoms with van der Waals surface area (Å²) in [5.74, 6) is 0.494. The van der Waals surface area contributed by atoms with E-state index in [9.17, 15) is 9.59 Å². The molecule has 2 aliphatic rings. The van der Waals surface area contributed by atoms with Crippen molar-refractivity contribution in [3.05, 3.63) is 0 Å². The van der Waals surface area contributed by atoms with Crippen LogP contribution < -0.4 is 5.32 Å². The van der Waals surface area contributed by atoms with Gasteiger partial charge in [-0.1, -0.05) is 32.6 Å². The average Bonchev–Trinajstić information content (AvgIpc) is 2.47. The first-order chi connectivity index (χ1) is 10.1. The third kappa shape index (κ3) is 5.01. The Hall–Kier alpha value is -1.06. The molecule has 0 heterocycles. The number of carbonyl (C=O) groups excluding carboxylic acids is 1. The fourth-order valence-electron chi connectivity index (χ4n) is 4.02. The molecule has 120 valence electrons. The van der Waals surface area contributed by atoms with Crippen molar-refractivity contribution in [3.8, 4) is 0 Å². The zero-order chi connectivity index (χ0) is 15.2. The molecule has 0 bridgehead atoms. The number of carboxylic acid groups (broad SMARTS) is 1. The molecule has 0 aromatic heterocycles. The van der Waals surface area contributed by atoms with Crippen LogP contribution in [-0.2, 0) is 9.59 Å². The molecule has 4 heteroatoms. The molecule has 0 aromatic rings. The molecule has 2 rings (SSSR count). The Kier molecular flexibility index (Phi) is 6.07. The maximum absolute atomic E-state index is 12.2. The van der Waals surface area contributed by atoms with Gasteiger partial charge in [-0.2, -0.15) is 0 Å². The van der Waals surface area contributed by atoms with E-state index in [-0.39, 0.29) is 17.7 Å². The minimum absolute atomic E-state index is 0.0739. The molecule has 21 heavy (non-hydrogen) atoms. The Balaban J connectivity index is 1.68. The predicted molar refractivity (Wildman–Crippen MR) is 81.8 cm³/mol. The molecule has 4 atom stereocenters. The van der Waals surface area contributed by atoms with Gasteiger partial charge in [0.15, 0.2) is 0 Å². The molecule has 0 saturated heterocycles. The van der Waals surface area contributed by atoms with Crippen LogP contribution in [0.1, 0.15) is 64.7 Å². The van der Waals surface area contributed by atoms with E-state index in [1.165, 1.54) is 25.7 Å². The first-order valence-corrected chi connectivity index (χ1v) is 8.56. The second kappa shape index (κ2) is 7.81. The van der Waals surface area contributed by atoms with Crippen LogP contribution in [0.15, 0.2) is 0 Å². The number of nitrogens with one attached hydrogen (secondary N) is 1. The van der Waals surface area contributed by atoms with Gasteiger partial charge in [-0.15, -0.1) is 0 Å². The zero-order valence-electron chi connectivity index (χ0n) is 13.1. The van der Waals surface area contributed by atoms with Crippen molar-refractivity contribution in [2.75, 3.05) is 6.54 Å². The van der Waals surface area contributed by atoms with E-state index in [1.807, 2.05) is 0 Å². The highest BCUT2D eigenvalue weighted by Gasteiger charge is 2.30. The summed E-state index contributed by atoms with van der Waals surface area (Å²) in [7, 11) is 0. The van der Waals surface area contributed by atoms with Crippen LogP contribution in [0, 0.1) is 23.7 Å². The Morgan fingerprint density at radius 1 is 1.05 bits per heavy atom. The van der Waals surface area contributed by atoms with E-state index < -0.39 is 5.97 Å². The number of hydrogen-bond acceptors (Lipinski definition) is 2. The summed E-state index contributed by atoms with van der Waals surface area (Å²) in [5, 5.41) is 12.1. The fraction of sp³-hybridized carbons (Fsp3) is 0.882. The first kappa shape index (κ1) is 16.3. The molecule has 4 nitrogen and oxygen atoms in total. The Bertz CT molecular complexity index is 369. The van der Waals surface area contributed by atoms with Crippen LogP contribution in [0.2, 0.25) is 0 Å². The molecule has 0 radical (unpaired) electrons. The van der Waals surface area contributed by atoms with Crippen LogP contribution in [0.4, 0.5) is 0 Å². The molecular formula is C17H29NO3. The fourth-order valence-corrected chi connectivity index (χ4v) is 4.02. The van der Waals surface area contributed by atoms with Crippen LogP contribution >= 0.6 is 0 Å². The Labute approximate surface area is 127 Å². The lowest BCUT2D eigenvalue weighted by Gasteiger charge is -2.28. The minimum atomic E-state index is -0.747. The quantitative estimate of drug-likeness (QED) is 0.818. The molecule has 2 saturated carbocycles. The van der Waals surface area contributed by atoms with Crippen molar-refractivity contribution in [2.45, 2.75) is 64.7 Å². The smallest absolute Gasteiger partial charge is 0.306 e. The Morgan fingerprint density at radius 3 is 2.48 bits per heavy atom. The van der Waals surface area contributed by atoms with Crippen molar-refractivity contribution >= 4 is 11.9 Å². The summed E-state index contributed by atoms with van der Waals surface area (Å²) in [6.45, 7) is 3.07. The molecule has 2 aliphatic carbocycles. The lowest BCUT2D eigenvalue weighted by molar-refractivity contribution is -0.144. The van der Waals surface area contributed by atoms with E-state index in [0.29, 0.717) is 6.42 Å². The number of aliphatic carboxylic acids is 1. The number of carbonyl (C=O) groups is 2. The first-order valence-electron chi connectivity index (χ1n) is 8.56. The summed E-state index contributed by atoms with van der Waals surface area (Å²) in [6, 6.07) is 0. The van der Waals surface area contributed by atoms with E-state index in [2.05, 4.69) is 12.2 Å². The second-order valence-corrected chi connectivity index (χ2v) is 7.12. The summed E-state index contributed by atoms with van der Waals surface area (Å²) in [4.78, 5) is 23.2. The maximum Gasteiger partial charge on any atom is 0.306 e. The van der Waals surface area contributed by atoms with Crippen LogP contribution in [0.5, 0.6) is 0 Å². The van der Waals surface area contributed by atoms with Crippen molar-refractivity contribution in [2.24, 2.45) is 23.7 Å². The largest absolute Gasteiger partial charge is 0.481 e. The molecule has 0 spiro atoms. The third-order valence-corrected chi connectivity index (χ3v) is 5.29. The summed E-state index contributed by atoms with van der Waals surface area (Å²) < 4.78 is 0. The van der Waals surface area contributed by atoms with Crippen LogP contribution in [0.3, 0.4) is 0 Å². The lowest BCUT2D eigenvalue weighted by Crippen LogP contribution is -2.36. The van der Waals surface area contributed by atoms with E-state index in [4.69, 9.17) is 5.11 Å². The molecule has 2 N–H and O–H groups in total. The van der Waals surface area contributed by atoms with E-state index >= 15 is 0 Å². The standard InChI is InChI=1S/C17H29NO3/c1-12-4-2-5-13(10-12)8-9-18-16(19)14-6-3-7-15(11-14)17(20)21/h12-15H,2-11H2,1H3,(H,18,19)(H,20,21). The molecule has 0 aliphatic heterocycles. The van der Waals surface area contributed by atoms with Crippen molar-refractivity contribution in [1.29, 1.82) is 0 Å². The van der Waals surface area contributed by atoms with Crippen molar-refractivity contribution < 1.29 is 14.7 Å². The van der Waals surface area contributed by atoms with E-state index in [1.54, 1.807) is 0 Å². The van der Waals surface area contributed by atoms with Gasteiger partial charge in [0.25, 0.3) is 0 Å². The Morgan fingerprint density at radius 2 is 1.76 bits per heavy atom.